The Balaban J connectivity index is 1.64. The van der Waals surface area contributed by atoms with Gasteiger partial charge in [0.2, 0.25) is 0 Å². The van der Waals surface area contributed by atoms with Crippen LogP contribution in [0.25, 0.3) is 17.1 Å². The molecule has 0 radical (unpaired) electrons. The molecule has 0 fully saturated rings. The normalized spacial score (nSPS) is 11.2. The Morgan fingerprint density at radius 3 is 2.41 bits per heavy atom. The second kappa shape index (κ2) is 8.67. The van der Waals surface area contributed by atoms with Crippen molar-refractivity contribution in [3.05, 3.63) is 112 Å². The van der Waals surface area contributed by atoms with Crippen LogP contribution in [0.2, 0.25) is 5.02 Å². The molecule has 0 spiro atoms. The molecule has 158 valence electrons. The van der Waals surface area contributed by atoms with Crippen molar-refractivity contribution < 1.29 is 5.11 Å². The van der Waals surface area contributed by atoms with Crippen LogP contribution in [0.15, 0.2) is 89.9 Å². The molecule has 3 aromatic carbocycles. The fourth-order valence-corrected chi connectivity index (χ4v) is 5.49. The Morgan fingerprint density at radius 1 is 0.969 bits per heavy atom. The van der Waals surface area contributed by atoms with E-state index in [0.29, 0.717) is 23.0 Å². The van der Waals surface area contributed by atoms with Gasteiger partial charge in [0.1, 0.15) is 0 Å². The van der Waals surface area contributed by atoms with Crippen LogP contribution in [-0.4, -0.2) is 34.6 Å². The zero-order valence-corrected chi connectivity index (χ0v) is 19.3. The molecule has 0 saturated carbocycles. The van der Waals surface area contributed by atoms with E-state index < -0.39 is 0 Å². The average Bonchev–Trinajstić information content (AvgIpc) is 3.12. The minimum absolute atomic E-state index is 0.119. The summed E-state index contributed by atoms with van der Waals surface area (Å²) in [7, 11) is 0. The molecule has 2 N–H and O–H groups in total. The predicted molar refractivity (Wildman–Crippen MR) is 128 cm³/mol. The van der Waals surface area contributed by atoms with E-state index in [0.717, 1.165) is 25.9 Å². The van der Waals surface area contributed by atoms with E-state index in [1.54, 1.807) is 22.9 Å². The molecule has 5 rings (SSSR count). The standard InChI is InChI=1S/C25H18ClN3O2Se/c26-18-8-12-20(13-9-18)32-24-23-27-21(14-16-4-2-1-3-5-16)25(31)29(23)15-22(28-24)17-6-10-19(30)11-7-17/h1-13,15,28,30H,14H2. The number of imidazole rings is 1. The van der Waals surface area contributed by atoms with Gasteiger partial charge in [-0.2, -0.15) is 0 Å². The first kappa shape index (κ1) is 20.6. The number of benzene rings is 3. The van der Waals surface area contributed by atoms with Gasteiger partial charge in [0, 0.05) is 0 Å². The van der Waals surface area contributed by atoms with Crippen LogP contribution in [-0.2, 0) is 6.42 Å². The van der Waals surface area contributed by atoms with Crippen molar-refractivity contribution in [3.8, 4) is 22.8 Å². The molecule has 2 heterocycles. The summed E-state index contributed by atoms with van der Waals surface area (Å²) >= 11 is 5.93. The van der Waals surface area contributed by atoms with Gasteiger partial charge in [-0.05, 0) is 0 Å². The fourth-order valence-electron chi connectivity index (χ4n) is 3.47. The quantitative estimate of drug-likeness (QED) is 0.360. The van der Waals surface area contributed by atoms with Crippen molar-refractivity contribution in [2.45, 2.75) is 6.42 Å². The van der Waals surface area contributed by atoms with Gasteiger partial charge in [-0.3, -0.25) is 0 Å². The Hall–Kier alpha value is -3.31. The summed E-state index contributed by atoms with van der Waals surface area (Å²) in [6.07, 6.45) is 2.26. The van der Waals surface area contributed by atoms with Gasteiger partial charge in [-0.25, -0.2) is 0 Å². The van der Waals surface area contributed by atoms with E-state index in [1.807, 2.05) is 66.7 Å². The Kier molecular flexibility index (Phi) is 5.58. The molecular weight excluding hydrogens is 489 g/mol. The van der Waals surface area contributed by atoms with Crippen molar-refractivity contribution in [2.75, 3.05) is 0 Å². The van der Waals surface area contributed by atoms with Crippen LogP contribution in [0.5, 0.6) is 5.75 Å². The number of nitrogens with zero attached hydrogens (tertiary/aromatic N) is 2. The second-order valence-electron chi connectivity index (χ2n) is 7.32. The Bertz CT molecular complexity index is 1390. The van der Waals surface area contributed by atoms with E-state index in [1.165, 1.54) is 0 Å². The summed E-state index contributed by atoms with van der Waals surface area (Å²) in [5.41, 5.74) is 3.09. The Morgan fingerprint density at radius 2 is 1.69 bits per heavy atom. The maximum atomic E-state index is 13.3. The minimum atomic E-state index is -0.124. The van der Waals surface area contributed by atoms with E-state index in [4.69, 9.17) is 16.6 Å². The van der Waals surface area contributed by atoms with Crippen LogP contribution in [0, 0.1) is 0 Å². The number of hydrogen-bond acceptors (Lipinski definition) is 3. The first-order valence-electron chi connectivity index (χ1n) is 9.98. The van der Waals surface area contributed by atoms with Gasteiger partial charge in [0.25, 0.3) is 0 Å². The first-order chi connectivity index (χ1) is 15.6. The molecule has 7 heteroatoms. The molecule has 0 amide bonds. The molecule has 0 saturated heterocycles. The second-order valence-corrected chi connectivity index (χ2v) is 10.0. The van der Waals surface area contributed by atoms with Crippen LogP contribution < -0.4 is 14.6 Å². The first-order valence-corrected chi connectivity index (χ1v) is 12.1. The number of phenolic OH excluding ortho intramolecular Hbond substituents is 1. The molecule has 0 aromatic heterocycles. The van der Waals surface area contributed by atoms with Gasteiger partial charge in [-0.1, -0.05) is 0 Å². The number of nitrogens with one attached hydrogen (secondary N) is 1. The third-order valence-corrected chi connectivity index (χ3v) is 7.41. The van der Waals surface area contributed by atoms with Gasteiger partial charge in [0.05, 0.1) is 0 Å². The third kappa shape index (κ3) is 4.21. The van der Waals surface area contributed by atoms with Crippen LogP contribution in [0.4, 0.5) is 0 Å². The molecule has 3 aromatic rings. The van der Waals surface area contributed by atoms with Crippen molar-refractivity contribution >= 4 is 35.6 Å². The van der Waals surface area contributed by atoms with Crippen molar-refractivity contribution in [2.24, 2.45) is 0 Å². The number of aromatic hydroxyl groups is 1. The van der Waals surface area contributed by atoms with Crippen LogP contribution >= 0.6 is 11.6 Å². The van der Waals surface area contributed by atoms with Crippen LogP contribution in [0.1, 0.15) is 11.3 Å². The molecule has 2 aliphatic rings. The van der Waals surface area contributed by atoms with Gasteiger partial charge in [0.15, 0.2) is 0 Å². The number of rotatable bonds is 5. The number of aromatic amines is 1. The summed E-state index contributed by atoms with van der Waals surface area (Å²) in [5, 5.41) is 10.3. The number of phenols is 1. The molecule has 0 atom stereocenters. The number of hydrogen-bond donors (Lipinski definition) is 2. The third-order valence-electron chi connectivity index (χ3n) is 5.07. The van der Waals surface area contributed by atoms with Gasteiger partial charge >= 0.3 is 196 Å². The summed E-state index contributed by atoms with van der Waals surface area (Å²) in [6.45, 7) is 0. The maximum absolute atomic E-state index is 13.3. The Labute approximate surface area is 195 Å². The number of halogens is 1. The van der Waals surface area contributed by atoms with E-state index in [-0.39, 0.29) is 26.3 Å². The summed E-state index contributed by atoms with van der Waals surface area (Å²) in [6, 6.07) is 24.5. The van der Waals surface area contributed by atoms with Crippen molar-refractivity contribution in [1.82, 2.24) is 14.5 Å². The zero-order valence-electron chi connectivity index (χ0n) is 16.8. The molecule has 32 heavy (non-hydrogen) atoms. The number of aromatic nitrogens is 3. The molecular formula is C25H18ClN3O2Se. The SMILES string of the molecule is O=c1c(Cc2ccccc2)nc2c([Se]c3ccc(Cl)cc3)[nH]c(-c3ccc(O)cc3)cn1-2. The summed E-state index contributed by atoms with van der Waals surface area (Å²) in [5.74, 6) is 0.830. The van der Waals surface area contributed by atoms with Gasteiger partial charge < -0.3 is 0 Å². The monoisotopic (exact) mass is 507 g/mol. The summed E-state index contributed by atoms with van der Waals surface area (Å²) in [4.78, 5) is 21.5. The topological polar surface area (TPSA) is 70.9 Å². The molecule has 0 unspecified atom stereocenters. The molecule has 5 nitrogen and oxygen atoms in total. The van der Waals surface area contributed by atoms with E-state index in [9.17, 15) is 9.90 Å². The van der Waals surface area contributed by atoms with Crippen molar-refractivity contribution in [1.29, 1.82) is 0 Å². The van der Waals surface area contributed by atoms with E-state index >= 15 is 0 Å². The molecule has 0 bridgehead atoms. The van der Waals surface area contributed by atoms with E-state index in [2.05, 4.69) is 4.98 Å². The number of H-pyrrole nitrogens is 1. The summed E-state index contributed by atoms with van der Waals surface area (Å²) < 4.78 is 3.63. The average molecular weight is 507 g/mol. The number of fused-ring (bicyclic) bond motifs is 1. The fraction of sp³-hybridized carbons (Fsp3) is 0.0400. The zero-order chi connectivity index (χ0) is 22.1. The molecule has 0 aliphatic carbocycles. The van der Waals surface area contributed by atoms with Crippen LogP contribution in [0.3, 0.4) is 0 Å². The molecule has 2 aliphatic heterocycles. The predicted octanol–water partition coefficient (Wildman–Crippen LogP) is 3.27. The van der Waals surface area contributed by atoms with Crippen molar-refractivity contribution in [3.63, 3.8) is 0 Å². The van der Waals surface area contributed by atoms with Gasteiger partial charge in [-0.15, -0.1) is 0 Å².